The number of amides is 1. The smallest absolute Gasteiger partial charge is 0.251 e. The molecule has 6 nitrogen and oxygen atoms in total. The van der Waals surface area contributed by atoms with E-state index in [1.807, 2.05) is 49.4 Å². The zero-order valence-electron chi connectivity index (χ0n) is 18.2. The first-order valence-electron chi connectivity index (χ1n) is 10.5. The topological polar surface area (TPSA) is 78.4 Å². The Morgan fingerprint density at radius 3 is 2.65 bits per heavy atom. The second-order valence-electron chi connectivity index (χ2n) is 7.05. The molecule has 162 valence electrons. The number of aliphatic imine (C=N–C) groups is 1. The molecule has 3 rings (SSSR count). The summed E-state index contributed by atoms with van der Waals surface area (Å²) in [6.07, 6.45) is 0.799. The maximum Gasteiger partial charge on any atom is 0.251 e. The normalized spacial score (nSPS) is 11.3. The molecule has 0 atom stereocenters. The molecule has 1 amide bonds. The molecular formula is C24H29N5OS. The third-order valence-corrected chi connectivity index (χ3v) is 5.95. The number of aryl methyl sites for hydroxylation is 1. The minimum Gasteiger partial charge on any atom is -0.357 e. The average molecular weight is 436 g/mol. The molecule has 3 N–H and O–H groups in total. The number of guanidine groups is 1. The third-order valence-electron chi connectivity index (χ3n) is 4.76. The molecule has 7 heteroatoms. The first-order chi connectivity index (χ1) is 15.1. The number of hydrogen-bond acceptors (Lipinski definition) is 4. The Morgan fingerprint density at radius 2 is 1.90 bits per heavy atom. The summed E-state index contributed by atoms with van der Waals surface area (Å²) in [5, 5.41) is 10.4. The average Bonchev–Trinajstić information content (AvgIpc) is 3.18. The Morgan fingerprint density at radius 1 is 1.10 bits per heavy atom. The molecule has 3 aromatic rings. The number of carbonyl (C=O) groups is 1. The van der Waals surface area contributed by atoms with Crippen LogP contribution in [-0.2, 0) is 13.0 Å². The summed E-state index contributed by atoms with van der Waals surface area (Å²) in [5.74, 6) is 0.707. The van der Waals surface area contributed by atoms with E-state index in [1.165, 1.54) is 0 Å². The van der Waals surface area contributed by atoms with Crippen LogP contribution in [0.2, 0.25) is 0 Å². The second kappa shape index (κ2) is 11.3. The van der Waals surface area contributed by atoms with Gasteiger partial charge in [0.05, 0.1) is 12.2 Å². The fourth-order valence-electron chi connectivity index (χ4n) is 3.11. The fraction of sp³-hybridized carbons (Fsp3) is 0.292. The minimum atomic E-state index is -0.0699. The van der Waals surface area contributed by atoms with Gasteiger partial charge in [-0.05, 0) is 38.0 Å². The van der Waals surface area contributed by atoms with Gasteiger partial charge in [-0.2, -0.15) is 0 Å². The lowest BCUT2D eigenvalue weighted by atomic mass is 10.1. The molecule has 0 aliphatic rings. The molecule has 0 unspecified atom stereocenters. The molecule has 31 heavy (non-hydrogen) atoms. The van der Waals surface area contributed by atoms with Crippen molar-refractivity contribution in [2.24, 2.45) is 4.99 Å². The molecule has 0 saturated heterocycles. The number of aromatic nitrogens is 1. The molecule has 1 heterocycles. The van der Waals surface area contributed by atoms with Gasteiger partial charge in [0.1, 0.15) is 5.01 Å². The van der Waals surface area contributed by atoms with Crippen molar-refractivity contribution in [3.8, 4) is 10.6 Å². The van der Waals surface area contributed by atoms with Gasteiger partial charge in [0.25, 0.3) is 5.91 Å². The van der Waals surface area contributed by atoms with E-state index in [0.29, 0.717) is 12.1 Å². The molecule has 0 saturated carbocycles. The van der Waals surface area contributed by atoms with Gasteiger partial charge >= 0.3 is 0 Å². The number of nitrogens with zero attached hydrogens (tertiary/aromatic N) is 2. The number of rotatable bonds is 8. The molecule has 0 bridgehead atoms. The van der Waals surface area contributed by atoms with Crippen LogP contribution in [0.3, 0.4) is 0 Å². The predicted octanol–water partition coefficient (Wildman–Crippen LogP) is 3.78. The molecule has 2 aromatic carbocycles. The number of nitrogens with one attached hydrogen (secondary N) is 3. The summed E-state index contributed by atoms with van der Waals surface area (Å²) >= 11 is 1.69. The number of carbonyl (C=O) groups excluding carboxylic acids is 1. The van der Waals surface area contributed by atoms with Gasteiger partial charge in [0.15, 0.2) is 5.96 Å². The van der Waals surface area contributed by atoms with Crippen LogP contribution in [0.5, 0.6) is 0 Å². The van der Waals surface area contributed by atoms with Crippen LogP contribution >= 0.6 is 11.3 Å². The van der Waals surface area contributed by atoms with Crippen molar-refractivity contribution in [1.29, 1.82) is 0 Å². The van der Waals surface area contributed by atoms with Crippen molar-refractivity contribution < 1.29 is 4.79 Å². The van der Waals surface area contributed by atoms with E-state index in [0.717, 1.165) is 52.2 Å². The number of thiazole rings is 1. The van der Waals surface area contributed by atoms with E-state index in [2.05, 4.69) is 35.0 Å². The first-order valence-corrected chi connectivity index (χ1v) is 11.3. The van der Waals surface area contributed by atoms with Gasteiger partial charge in [-0.15, -0.1) is 11.3 Å². The monoisotopic (exact) mass is 435 g/mol. The Balaban J connectivity index is 1.61. The highest BCUT2D eigenvalue weighted by molar-refractivity contribution is 7.15. The molecular weight excluding hydrogens is 406 g/mol. The predicted molar refractivity (Wildman–Crippen MR) is 129 cm³/mol. The standard InChI is InChI=1S/C24H29N5OS/c1-4-26-24(27-14-13-18-9-8-12-20(15-18)22(30)25-3)28-16-21-17(2)29-23(31-21)19-10-6-5-7-11-19/h5-12,15H,4,13-14,16H2,1-3H3,(H,25,30)(H2,26,27,28). The van der Waals surface area contributed by atoms with Crippen molar-refractivity contribution in [2.75, 3.05) is 20.1 Å². The van der Waals surface area contributed by atoms with Crippen LogP contribution in [0, 0.1) is 6.92 Å². The molecule has 0 spiro atoms. The summed E-state index contributed by atoms with van der Waals surface area (Å²) in [5.41, 5.74) is 3.94. The maximum atomic E-state index is 11.8. The Bertz CT molecular complexity index is 1030. The van der Waals surface area contributed by atoms with Crippen LogP contribution in [0.1, 0.15) is 33.4 Å². The van der Waals surface area contributed by atoms with Gasteiger partial charge in [0, 0.05) is 36.1 Å². The van der Waals surface area contributed by atoms with E-state index in [4.69, 9.17) is 9.98 Å². The summed E-state index contributed by atoms with van der Waals surface area (Å²) in [6, 6.07) is 17.9. The highest BCUT2D eigenvalue weighted by atomic mass is 32.1. The van der Waals surface area contributed by atoms with Gasteiger partial charge < -0.3 is 16.0 Å². The maximum absolute atomic E-state index is 11.8. The lowest BCUT2D eigenvalue weighted by Gasteiger charge is -2.11. The van der Waals surface area contributed by atoms with E-state index in [1.54, 1.807) is 18.4 Å². The molecule has 0 fully saturated rings. The van der Waals surface area contributed by atoms with E-state index in [9.17, 15) is 4.79 Å². The quantitative estimate of drug-likeness (QED) is 0.372. The first kappa shape index (κ1) is 22.5. The van der Waals surface area contributed by atoms with Crippen molar-refractivity contribution in [2.45, 2.75) is 26.8 Å². The molecule has 1 aromatic heterocycles. The van der Waals surface area contributed by atoms with Crippen molar-refractivity contribution in [3.63, 3.8) is 0 Å². The van der Waals surface area contributed by atoms with Gasteiger partial charge in [0.2, 0.25) is 0 Å². The third kappa shape index (κ3) is 6.39. The number of benzene rings is 2. The summed E-state index contributed by atoms with van der Waals surface area (Å²) in [4.78, 5) is 22.4. The van der Waals surface area contributed by atoms with Gasteiger partial charge in [-0.3, -0.25) is 4.79 Å². The number of hydrogen-bond donors (Lipinski definition) is 3. The summed E-state index contributed by atoms with van der Waals surface area (Å²) in [7, 11) is 1.64. The van der Waals surface area contributed by atoms with Crippen molar-refractivity contribution in [1.82, 2.24) is 20.9 Å². The van der Waals surface area contributed by atoms with E-state index >= 15 is 0 Å². The molecule has 0 radical (unpaired) electrons. The van der Waals surface area contributed by atoms with Crippen LogP contribution in [-0.4, -0.2) is 37.0 Å². The van der Waals surface area contributed by atoms with Crippen LogP contribution < -0.4 is 16.0 Å². The lowest BCUT2D eigenvalue weighted by molar-refractivity contribution is 0.0963. The SMILES string of the molecule is CCNC(=NCc1sc(-c2ccccc2)nc1C)NCCc1cccc(C(=O)NC)c1. The lowest BCUT2D eigenvalue weighted by Crippen LogP contribution is -2.38. The van der Waals surface area contributed by atoms with Gasteiger partial charge in [-0.25, -0.2) is 9.98 Å². The van der Waals surface area contributed by atoms with E-state index in [-0.39, 0.29) is 5.91 Å². The fourth-order valence-corrected chi connectivity index (χ4v) is 4.10. The van der Waals surface area contributed by atoms with Gasteiger partial charge in [-0.1, -0.05) is 42.5 Å². The van der Waals surface area contributed by atoms with E-state index < -0.39 is 0 Å². The van der Waals surface area contributed by atoms with Crippen molar-refractivity contribution in [3.05, 3.63) is 76.3 Å². The Hall–Kier alpha value is -3.19. The molecule has 0 aliphatic carbocycles. The Labute approximate surface area is 187 Å². The zero-order chi connectivity index (χ0) is 22.1. The minimum absolute atomic E-state index is 0.0699. The summed E-state index contributed by atoms with van der Waals surface area (Å²) < 4.78 is 0. The van der Waals surface area contributed by atoms with Crippen molar-refractivity contribution >= 4 is 23.2 Å². The Kier molecular flexibility index (Phi) is 8.18. The van der Waals surface area contributed by atoms with Crippen LogP contribution in [0.4, 0.5) is 0 Å². The largest absolute Gasteiger partial charge is 0.357 e. The zero-order valence-corrected chi connectivity index (χ0v) is 19.1. The highest BCUT2D eigenvalue weighted by Crippen LogP contribution is 2.28. The molecule has 0 aliphatic heterocycles. The van der Waals surface area contributed by atoms with Crippen LogP contribution in [0.15, 0.2) is 59.6 Å². The second-order valence-corrected chi connectivity index (χ2v) is 8.13. The summed E-state index contributed by atoms with van der Waals surface area (Å²) in [6.45, 7) is 6.18. The highest BCUT2D eigenvalue weighted by Gasteiger charge is 2.09. The van der Waals surface area contributed by atoms with Crippen LogP contribution in [0.25, 0.3) is 10.6 Å².